The minimum absolute atomic E-state index is 0.200. The molecule has 3 aromatic rings. The Labute approximate surface area is 147 Å². The number of halogens is 1. The number of aromatic nitrogens is 2. The van der Waals surface area contributed by atoms with Crippen LogP contribution in [0.25, 0.3) is 10.8 Å². The molecule has 5 nitrogen and oxygen atoms in total. The summed E-state index contributed by atoms with van der Waals surface area (Å²) in [6, 6.07) is 8.72. The van der Waals surface area contributed by atoms with Crippen molar-refractivity contribution in [3.05, 3.63) is 51.7 Å². The number of nitrogens with one attached hydrogen (secondary N) is 1. The number of anilines is 1. The van der Waals surface area contributed by atoms with E-state index in [0.29, 0.717) is 28.3 Å². The lowest BCUT2D eigenvalue weighted by Crippen LogP contribution is -2.11. The number of benzene rings is 1. The van der Waals surface area contributed by atoms with Gasteiger partial charge in [-0.2, -0.15) is 0 Å². The topological polar surface area (TPSA) is 68.0 Å². The molecule has 0 spiro atoms. The summed E-state index contributed by atoms with van der Waals surface area (Å²) >= 11 is 7.45. The Morgan fingerprint density at radius 1 is 1.33 bits per heavy atom. The number of rotatable bonds is 4. The highest BCUT2D eigenvalue weighted by molar-refractivity contribution is 7.15. The maximum Gasteiger partial charge on any atom is 0.257 e. The number of hydrogen-bond donors (Lipinski definition) is 1. The third-order valence-electron chi connectivity index (χ3n) is 3.83. The van der Waals surface area contributed by atoms with E-state index < -0.39 is 0 Å². The highest BCUT2D eigenvalue weighted by Crippen LogP contribution is 2.41. The molecule has 1 aliphatic carbocycles. The first-order valence-corrected chi connectivity index (χ1v) is 8.81. The number of hydrogen-bond acceptors (Lipinski definition) is 5. The first kappa shape index (κ1) is 15.4. The Balaban J connectivity index is 1.55. The van der Waals surface area contributed by atoms with Crippen LogP contribution in [0.15, 0.2) is 34.7 Å². The van der Waals surface area contributed by atoms with Gasteiger partial charge in [0.2, 0.25) is 5.89 Å². The van der Waals surface area contributed by atoms with Crippen LogP contribution in [0.4, 0.5) is 5.69 Å². The quantitative estimate of drug-likeness (QED) is 0.720. The molecule has 1 aromatic carbocycles. The van der Waals surface area contributed by atoms with E-state index >= 15 is 0 Å². The fourth-order valence-corrected chi connectivity index (χ4v) is 3.45. The number of carbonyl (C=O) groups excluding carboxylic acids is 1. The second kappa shape index (κ2) is 6.03. The van der Waals surface area contributed by atoms with Gasteiger partial charge in [0.15, 0.2) is 0 Å². The molecule has 1 saturated carbocycles. The molecule has 2 aromatic heterocycles. The average molecular weight is 360 g/mol. The Kier molecular flexibility index (Phi) is 3.86. The first-order valence-electron chi connectivity index (χ1n) is 7.61. The van der Waals surface area contributed by atoms with Crippen LogP contribution in [0.2, 0.25) is 5.02 Å². The van der Waals surface area contributed by atoms with Crippen molar-refractivity contribution in [2.24, 2.45) is 0 Å². The Hall–Kier alpha value is -2.18. The molecule has 0 aliphatic heterocycles. The molecule has 0 saturated heterocycles. The third kappa shape index (κ3) is 3.07. The molecule has 1 fully saturated rings. The van der Waals surface area contributed by atoms with E-state index in [2.05, 4.69) is 15.5 Å². The molecule has 1 N–H and O–H groups in total. The van der Waals surface area contributed by atoms with Crippen molar-refractivity contribution in [3.8, 4) is 10.8 Å². The lowest BCUT2D eigenvalue weighted by Gasteiger charge is -2.04. The van der Waals surface area contributed by atoms with Crippen molar-refractivity contribution in [2.75, 3.05) is 5.32 Å². The minimum atomic E-state index is -0.200. The van der Waals surface area contributed by atoms with Crippen LogP contribution >= 0.6 is 22.9 Å². The molecule has 0 radical (unpaired) electrons. The summed E-state index contributed by atoms with van der Waals surface area (Å²) in [5.74, 6) is 1.44. The number of aryl methyl sites for hydroxylation is 1. The van der Waals surface area contributed by atoms with Crippen LogP contribution in [0.3, 0.4) is 0 Å². The number of carbonyl (C=O) groups is 1. The molecule has 1 amide bonds. The molecular formula is C17H14ClN3O2S. The van der Waals surface area contributed by atoms with Gasteiger partial charge < -0.3 is 9.73 Å². The van der Waals surface area contributed by atoms with Crippen LogP contribution in [0, 0.1) is 6.92 Å². The van der Waals surface area contributed by atoms with Gasteiger partial charge in [0, 0.05) is 21.4 Å². The van der Waals surface area contributed by atoms with Crippen molar-refractivity contribution in [3.63, 3.8) is 0 Å². The van der Waals surface area contributed by atoms with Gasteiger partial charge in [0.25, 0.3) is 11.8 Å². The van der Waals surface area contributed by atoms with E-state index in [0.717, 1.165) is 28.3 Å². The van der Waals surface area contributed by atoms with Crippen LogP contribution in [-0.4, -0.2) is 16.1 Å². The van der Waals surface area contributed by atoms with Crippen LogP contribution in [0.5, 0.6) is 0 Å². The Bertz CT molecular complexity index is 914. The maximum absolute atomic E-state index is 12.3. The molecule has 0 atom stereocenters. The second-order valence-electron chi connectivity index (χ2n) is 5.76. The maximum atomic E-state index is 12.3. The van der Waals surface area contributed by atoms with Gasteiger partial charge in [0.1, 0.15) is 0 Å². The lowest BCUT2D eigenvalue weighted by molar-refractivity contribution is 0.102. The van der Waals surface area contributed by atoms with Gasteiger partial charge in [0.05, 0.1) is 10.6 Å². The van der Waals surface area contributed by atoms with Crippen molar-refractivity contribution >= 4 is 34.5 Å². The predicted molar refractivity (Wildman–Crippen MR) is 93.7 cm³/mol. The number of amides is 1. The molecule has 4 rings (SSSR count). The standard InChI is InChI=1S/C17H14ClN3O2S/c1-9-13(19-15(22)11-3-2-4-12(18)7-11)8-14(24-9)17-21-20-16(23-17)10-5-6-10/h2-4,7-8,10H,5-6H2,1H3,(H,19,22). The zero-order valence-electron chi connectivity index (χ0n) is 12.9. The summed E-state index contributed by atoms with van der Waals surface area (Å²) in [5.41, 5.74) is 1.26. The van der Waals surface area contributed by atoms with Crippen molar-refractivity contribution < 1.29 is 9.21 Å². The van der Waals surface area contributed by atoms with E-state index in [1.54, 1.807) is 24.3 Å². The average Bonchev–Trinajstić information content (AvgIpc) is 3.18. The van der Waals surface area contributed by atoms with Crippen molar-refractivity contribution in [1.29, 1.82) is 0 Å². The summed E-state index contributed by atoms with van der Waals surface area (Å²) in [4.78, 5) is 14.2. The van der Waals surface area contributed by atoms with Gasteiger partial charge in [-0.15, -0.1) is 21.5 Å². The van der Waals surface area contributed by atoms with Crippen molar-refractivity contribution in [1.82, 2.24) is 10.2 Å². The van der Waals surface area contributed by atoms with E-state index in [9.17, 15) is 4.79 Å². The minimum Gasteiger partial charge on any atom is -0.420 e. The van der Waals surface area contributed by atoms with E-state index in [1.165, 1.54) is 11.3 Å². The SMILES string of the molecule is Cc1sc(-c2nnc(C3CC3)o2)cc1NC(=O)c1cccc(Cl)c1. The van der Waals surface area contributed by atoms with Gasteiger partial charge in [-0.1, -0.05) is 17.7 Å². The van der Waals surface area contributed by atoms with Gasteiger partial charge in [-0.25, -0.2) is 0 Å². The van der Waals surface area contributed by atoms with Gasteiger partial charge in [-0.3, -0.25) is 4.79 Å². The molecule has 122 valence electrons. The summed E-state index contributed by atoms with van der Waals surface area (Å²) in [6.07, 6.45) is 2.23. The molecular weight excluding hydrogens is 346 g/mol. The van der Waals surface area contributed by atoms with Crippen LogP contribution in [0.1, 0.15) is 39.9 Å². The smallest absolute Gasteiger partial charge is 0.257 e. The predicted octanol–water partition coefficient (Wildman–Crippen LogP) is 4.89. The Morgan fingerprint density at radius 2 is 2.17 bits per heavy atom. The molecule has 0 bridgehead atoms. The largest absolute Gasteiger partial charge is 0.420 e. The van der Waals surface area contributed by atoms with E-state index in [1.807, 2.05) is 13.0 Å². The highest BCUT2D eigenvalue weighted by Gasteiger charge is 2.29. The zero-order chi connectivity index (χ0) is 16.7. The summed E-state index contributed by atoms with van der Waals surface area (Å²) < 4.78 is 5.73. The van der Waals surface area contributed by atoms with Crippen molar-refractivity contribution in [2.45, 2.75) is 25.7 Å². The Morgan fingerprint density at radius 3 is 2.92 bits per heavy atom. The van der Waals surface area contributed by atoms with Crippen LogP contribution < -0.4 is 5.32 Å². The second-order valence-corrected chi connectivity index (χ2v) is 7.46. The van der Waals surface area contributed by atoms with Crippen LogP contribution in [-0.2, 0) is 0 Å². The summed E-state index contributed by atoms with van der Waals surface area (Å²) in [7, 11) is 0. The molecule has 1 aliphatic rings. The van der Waals surface area contributed by atoms with E-state index in [4.69, 9.17) is 16.0 Å². The summed E-state index contributed by atoms with van der Waals surface area (Å²) in [6.45, 7) is 1.94. The zero-order valence-corrected chi connectivity index (χ0v) is 14.4. The highest BCUT2D eigenvalue weighted by atomic mass is 35.5. The normalized spacial score (nSPS) is 13.9. The molecule has 7 heteroatoms. The van der Waals surface area contributed by atoms with Gasteiger partial charge in [-0.05, 0) is 44.0 Å². The monoisotopic (exact) mass is 359 g/mol. The van der Waals surface area contributed by atoms with E-state index in [-0.39, 0.29) is 5.91 Å². The third-order valence-corrected chi connectivity index (χ3v) is 5.10. The fraction of sp³-hybridized carbons (Fsp3) is 0.235. The number of nitrogens with zero attached hydrogens (tertiary/aromatic N) is 2. The molecule has 0 unspecified atom stereocenters. The summed E-state index contributed by atoms with van der Waals surface area (Å²) in [5, 5.41) is 11.7. The number of thiophene rings is 1. The van der Waals surface area contributed by atoms with Gasteiger partial charge >= 0.3 is 0 Å². The fourth-order valence-electron chi connectivity index (χ4n) is 2.37. The lowest BCUT2D eigenvalue weighted by atomic mass is 10.2. The molecule has 2 heterocycles. The first-order chi connectivity index (χ1) is 11.6. The molecule has 24 heavy (non-hydrogen) atoms.